The summed E-state index contributed by atoms with van der Waals surface area (Å²) in [7, 11) is 0. The predicted molar refractivity (Wildman–Crippen MR) is 99.1 cm³/mol. The molecule has 3 N–H and O–H groups in total. The molecule has 7 heteroatoms. The molecule has 1 aliphatic heterocycles. The molecule has 0 saturated carbocycles. The molecule has 0 radical (unpaired) electrons. The van der Waals surface area contributed by atoms with Crippen LogP contribution in [0.4, 0.5) is 5.69 Å². The average Bonchev–Trinajstić information content (AvgIpc) is 2.56. The van der Waals surface area contributed by atoms with Crippen LogP contribution in [0.3, 0.4) is 0 Å². The Hall–Kier alpha value is -2.41. The zero-order chi connectivity index (χ0) is 19.3. The van der Waals surface area contributed by atoms with Crippen molar-refractivity contribution in [2.45, 2.75) is 33.6 Å². The Kier molecular flexibility index (Phi) is 6.74. The van der Waals surface area contributed by atoms with Gasteiger partial charge in [-0.15, -0.1) is 0 Å². The predicted octanol–water partition coefficient (Wildman–Crippen LogP) is 1.46. The standard InChI is InChI=1S/C19H27N3O4/c1-12-7-13(2)18(14(3)8-12)21-16(23)9-20-17(24)11-22-6-4-5-15(10-22)19(25)26/h7-8,15H,4-6,9-11H2,1-3H3,(H,20,24)(H,21,23)(H,25,26). The van der Waals surface area contributed by atoms with Gasteiger partial charge in [0.2, 0.25) is 11.8 Å². The number of piperidine rings is 1. The van der Waals surface area contributed by atoms with Crippen molar-refractivity contribution in [1.82, 2.24) is 10.2 Å². The highest BCUT2D eigenvalue weighted by molar-refractivity contribution is 5.96. The van der Waals surface area contributed by atoms with E-state index < -0.39 is 11.9 Å². The maximum Gasteiger partial charge on any atom is 0.307 e. The summed E-state index contributed by atoms with van der Waals surface area (Å²) in [4.78, 5) is 37.1. The second-order valence-electron chi connectivity index (χ2n) is 7.01. The van der Waals surface area contributed by atoms with Crippen molar-refractivity contribution in [1.29, 1.82) is 0 Å². The number of carbonyl (C=O) groups excluding carboxylic acids is 2. The van der Waals surface area contributed by atoms with Crippen LogP contribution in [-0.2, 0) is 14.4 Å². The van der Waals surface area contributed by atoms with E-state index in [0.717, 1.165) is 28.8 Å². The summed E-state index contributed by atoms with van der Waals surface area (Å²) in [6.07, 6.45) is 1.40. The molecule has 0 spiro atoms. The smallest absolute Gasteiger partial charge is 0.307 e. The van der Waals surface area contributed by atoms with Gasteiger partial charge in [0.05, 0.1) is 19.0 Å². The van der Waals surface area contributed by atoms with Crippen LogP contribution in [0, 0.1) is 26.7 Å². The molecule has 0 aromatic heterocycles. The Morgan fingerprint density at radius 3 is 2.42 bits per heavy atom. The molecule has 26 heavy (non-hydrogen) atoms. The van der Waals surface area contributed by atoms with Crippen LogP contribution in [0.15, 0.2) is 12.1 Å². The Balaban J connectivity index is 1.80. The van der Waals surface area contributed by atoms with Crippen molar-refractivity contribution >= 4 is 23.5 Å². The van der Waals surface area contributed by atoms with Crippen LogP contribution in [0.5, 0.6) is 0 Å². The fourth-order valence-corrected chi connectivity index (χ4v) is 3.40. The normalized spacial score (nSPS) is 17.6. The van der Waals surface area contributed by atoms with E-state index in [0.29, 0.717) is 19.5 Å². The van der Waals surface area contributed by atoms with Gasteiger partial charge in [0.1, 0.15) is 0 Å². The van der Waals surface area contributed by atoms with Crippen LogP contribution < -0.4 is 10.6 Å². The maximum absolute atomic E-state index is 12.1. The Bertz CT molecular complexity index is 679. The number of carbonyl (C=O) groups is 3. The Morgan fingerprint density at radius 1 is 1.15 bits per heavy atom. The van der Waals surface area contributed by atoms with E-state index in [1.807, 2.05) is 37.8 Å². The summed E-state index contributed by atoms with van der Waals surface area (Å²) in [5.74, 6) is -1.80. The molecule has 1 fully saturated rings. The zero-order valence-electron chi connectivity index (χ0n) is 15.6. The van der Waals surface area contributed by atoms with Gasteiger partial charge >= 0.3 is 5.97 Å². The number of benzene rings is 1. The van der Waals surface area contributed by atoms with Gasteiger partial charge in [-0.3, -0.25) is 19.3 Å². The Morgan fingerprint density at radius 2 is 1.81 bits per heavy atom. The van der Waals surface area contributed by atoms with Crippen LogP contribution in [0.1, 0.15) is 29.5 Å². The van der Waals surface area contributed by atoms with E-state index in [1.165, 1.54) is 0 Å². The van der Waals surface area contributed by atoms with Crippen molar-refractivity contribution in [3.63, 3.8) is 0 Å². The summed E-state index contributed by atoms with van der Waals surface area (Å²) in [6.45, 7) is 6.94. The minimum atomic E-state index is -0.821. The number of anilines is 1. The molecule has 1 unspecified atom stereocenters. The molecule has 142 valence electrons. The van der Waals surface area contributed by atoms with Gasteiger partial charge in [0.25, 0.3) is 0 Å². The van der Waals surface area contributed by atoms with Gasteiger partial charge in [-0.2, -0.15) is 0 Å². The van der Waals surface area contributed by atoms with Gasteiger partial charge < -0.3 is 15.7 Å². The van der Waals surface area contributed by atoms with Gasteiger partial charge in [0.15, 0.2) is 0 Å². The molecule has 2 rings (SSSR count). The van der Waals surface area contributed by atoms with E-state index in [4.69, 9.17) is 5.11 Å². The fraction of sp³-hybridized carbons (Fsp3) is 0.526. The molecule has 0 aliphatic carbocycles. The molecule has 1 saturated heterocycles. The lowest BCUT2D eigenvalue weighted by molar-refractivity contribution is -0.144. The van der Waals surface area contributed by atoms with Crippen LogP contribution >= 0.6 is 0 Å². The molecule has 1 aromatic carbocycles. The third-order valence-electron chi connectivity index (χ3n) is 4.61. The lowest BCUT2D eigenvalue weighted by Gasteiger charge is -2.29. The van der Waals surface area contributed by atoms with Crippen molar-refractivity contribution in [2.75, 3.05) is 31.5 Å². The average molecular weight is 361 g/mol. The molecule has 2 amide bonds. The number of nitrogens with zero attached hydrogens (tertiary/aromatic N) is 1. The molecule has 1 heterocycles. The van der Waals surface area contributed by atoms with Crippen LogP contribution in [-0.4, -0.2) is 54.0 Å². The largest absolute Gasteiger partial charge is 0.481 e. The number of carboxylic acids is 1. The SMILES string of the molecule is Cc1cc(C)c(NC(=O)CNC(=O)CN2CCCC(C(=O)O)C2)c(C)c1. The number of aliphatic carboxylic acids is 1. The molecule has 1 aliphatic rings. The summed E-state index contributed by atoms with van der Waals surface area (Å²) in [5, 5.41) is 14.5. The van der Waals surface area contributed by atoms with Gasteiger partial charge in [0, 0.05) is 12.2 Å². The number of hydrogen-bond acceptors (Lipinski definition) is 4. The quantitative estimate of drug-likeness (QED) is 0.713. The number of nitrogens with one attached hydrogen (secondary N) is 2. The minimum Gasteiger partial charge on any atom is -0.481 e. The van der Waals surface area contributed by atoms with Crippen LogP contribution in [0.2, 0.25) is 0 Å². The summed E-state index contributed by atoms with van der Waals surface area (Å²) >= 11 is 0. The van der Waals surface area contributed by atoms with Gasteiger partial charge in [-0.05, 0) is 51.3 Å². The summed E-state index contributed by atoms with van der Waals surface area (Å²) in [5.41, 5.74) is 3.87. The molecule has 7 nitrogen and oxygen atoms in total. The van der Waals surface area contributed by atoms with Crippen LogP contribution in [0.25, 0.3) is 0 Å². The maximum atomic E-state index is 12.1. The van der Waals surface area contributed by atoms with Gasteiger partial charge in [-0.1, -0.05) is 17.7 Å². The van der Waals surface area contributed by atoms with Crippen molar-refractivity contribution in [3.05, 3.63) is 28.8 Å². The number of aryl methyl sites for hydroxylation is 3. The lowest BCUT2D eigenvalue weighted by Crippen LogP contribution is -2.45. The van der Waals surface area contributed by atoms with Crippen molar-refractivity contribution < 1.29 is 19.5 Å². The number of likely N-dealkylation sites (tertiary alicyclic amines) is 1. The molecule has 1 aromatic rings. The first-order valence-corrected chi connectivity index (χ1v) is 8.86. The van der Waals surface area contributed by atoms with Gasteiger partial charge in [-0.25, -0.2) is 0 Å². The second-order valence-corrected chi connectivity index (χ2v) is 7.01. The Labute approximate surface area is 153 Å². The van der Waals surface area contributed by atoms with E-state index in [1.54, 1.807) is 0 Å². The zero-order valence-corrected chi connectivity index (χ0v) is 15.6. The second kappa shape index (κ2) is 8.80. The summed E-state index contributed by atoms with van der Waals surface area (Å²) in [6, 6.07) is 3.99. The summed E-state index contributed by atoms with van der Waals surface area (Å²) < 4.78 is 0. The van der Waals surface area contributed by atoms with Crippen molar-refractivity contribution in [3.8, 4) is 0 Å². The third-order valence-corrected chi connectivity index (χ3v) is 4.61. The molecule has 0 bridgehead atoms. The highest BCUT2D eigenvalue weighted by Gasteiger charge is 2.26. The highest BCUT2D eigenvalue weighted by Crippen LogP contribution is 2.21. The first kappa shape index (κ1) is 19.9. The van der Waals surface area contributed by atoms with E-state index in [-0.39, 0.29) is 24.9 Å². The lowest BCUT2D eigenvalue weighted by atomic mass is 9.98. The number of hydrogen-bond donors (Lipinski definition) is 3. The first-order chi connectivity index (χ1) is 12.3. The highest BCUT2D eigenvalue weighted by atomic mass is 16.4. The van der Waals surface area contributed by atoms with E-state index in [9.17, 15) is 14.4 Å². The number of carboxylic acid groups (broad SMARTS) is 1. The molecular formula is C19H27N3O4. The van der Waals surface area contributed by atoms with Crippen molar-refractivity contribution in [2.24, 2.45) is 5.92 Å². The number of rotatable bonds is 6. The molecule has 1 atom stereocenters. The van der Waals surface area contributed by atoms with E-state index in [2.05, 4.69) is 10.6 Å². The fourth-order valence-electron chi connectivity index (χ4n) is 3.40. The number of amides is 2. The topological polar surface area (TPSA) is 98.7 Å². The third kappa shape index (κ3) is 5.56. The molecular weight excluding hydrogens is 334 g/mol. The monoisotopic (exact) mass is 361 g/mol. The first-order valence-electron chi connectivity index (χ1n) is 8.86. The van der Waals surface area contributed by atoms with E-state index >= 15 is 0 Å². The minimum absolute atomic E-state index is 0.109.